The highest BCUT2D eigenvalue weighted by molar-refractivity contribution is 7.68. The van der Waals surface area contributed by atoms with Gasteiger partial charge in [0.2, 0.25) is 5.91 Å². The Morgan fingerprint density at radius 2 is 1.86 bits per heavy atom. The SMILES string of the molecule is C=C(C)P1(=O)CCN(c2c(F)cc(N3C[C@H](CNC(C)=O)OC3=O)cc2F)CC1. The second-order valence-electron chi connectivity index (χ2n) is 7.37. The van der Waals surface area contributed by atoms with Crippen molar-refractivity contribution < 1.29 is 27.7 Å². The molecular formula is C19H24F2N3O4P. The molecule has 10 heteroatoms. The highest BCUT2D eigenvalue weighted by Gasteiger charge is 2.35. The zero-order chi connectivity index (χ0) is 21.3. The van der Waals surface area contributed by atoms with Gasteiger partial charge in [-0.2, -0.15) is 0 Å². The van der Waals surface area contributed by atoms with Gasteiger partial charge in [0.05, 0.1) is 18.8 Å². The van der Waals surface area contributed by atoms with Crippen LogP contribution in [0.25, 0.3) is 0 Å². The number of rotatable bonds is 5. The molecule has 0 spiro atoms. The molecule has 158 valence electrons. The highest BCUT2D eigenvalue weighted by atomic mass is 31.2. The molecule has 2 fully saturated rings. The third kappa shape index (κ3) is 4.45. The van der Waals surface area contributed by atoms with Crippen molar-refractivity contribution in [2.24, 2.45) is 0 Å². The van der Waals surface area contributed by atoms with Crippen LogP contribution in [0.5, 0.6) is 0 Å². The fourth-order valence-electron chi connectivity index (χ4n) is 3.50. The topological polar surface area (TPSA) is 79.0 Å². The Morgan fingerprint density at radius 1 is 1.28 bits per heavy atom. The Balaban J connectivity index is 1.75. The van der Waals surface area contributed by atoms with Crippen molar-refractivity contribution in [1.82, 2.24) is 5.32 Å². The lowest BCUT2D eigenvalue weighted by atomic mass is 10.2. The number of carbonyl (C=O) groups is 2. The largest absolute Gasteiger partial charge is 0.442 e. The van der Waals surface area contributed by atoms with E-state index in [0.717, 1.165) is 17.0 Å². The number of anilines is 2. The monoisotopic (exact) mass is 427 g/mol. The summed E-state index contributed by atoms with van der Waals surface area (Å²) >= 11 is 0. The Morgan fingerprint density at radius 3 is 2.38 bits per heavy atom. The zero-order valence-electron chi connectivity index (χ0n) is 16.4. The summed E-state index contributed by atoms with van der Waals surface area (Å²) in [4.78, 5) is 25.7. The number of nitrogens with zero attached hydrogens (tertiary/aromatic N) is 2. The van der Waals surface area contributed by atoms with Crippen LogP contribution >= 0.6 is 7.14 Å². The summed E-state index contributed by atoms with van der Waals surface area (Å²) < 4.78 is 47.3. The van der Waals surface area contributed by atoms with Gasteiger partial charge in [-0.25, -0.2) is 13.6 Å². The third-order valence-corrected chi connectivity index (χ3v) is 8.48. The van der Waals surface area contributed by atoms with Crippen LogP contribution in [-0.2, 0) is 14.1 Å². The van der Waals surface area contributed by atoms with Gasteiger partial charge in [0, 0.05) is 44.5 Å². The number of nitrogens with one attached hydrogen (secondary N) is 1. The van der Waals surface area contributed by atoms with E-state index in [1.807, 2.05) is 0 Å². The number of ether oxygens (including phenoxy) is 1. The van der Waals surface area contributed by atoms with Crippen molar-refractivity contribution in [3.63, 3.8) is 0 Å². The molecule has 7 nitrogen and oxygen atoms in total. The maximum atomic E-state index is 14.8. The molecule has 0 saturated carbocycles. The summed E-state index contributed by atoms with van der Waals surface area (Å²) in [5, 5.41) is 3.18. The Hall–Kier alpha value is -2.41. The lowest BCUT2D eigenvalue weighted by Gasteiger charge is -2.34. The second-order valence-corrected chi connectivity index (χ2v) is 10.8. The first-order valence-electron chi connectivity index (χ1n) is 9.31. The van der Waals surface area contributed by atoms with Crippen molar-refractivity contribution in [2.45, 2.75) is 20.0 Å². The van der Waals surface area contributed by atoms with Gasteiger partial charge in [-0.15, -0.1) is 0 Å². The molecule has 2 amide bonds. The molecule has 2 aliphatic heterocycles. The van der Waals surface area contributed by atoms with Gasteiger partial charge in [-0.1, -0.05) is 6.58 Å². The van der Waals surface area contributed by atoms with E-state index in [1.165, 1.54) is 11.8 Å². The molecule has 1 N–H and O–H groups in total. The van der Waals surface area contributed by atoms with Crippen LogP contribution in [0.2, 0.25) is 0 Å². The number of amides is 2. The maximum absolute atomic E-state index is 14.8. The van der Waals surface area contributed by atoms with Gasteiger partial charge in [0.15, 0.2) is 11.6 Å². The number of allylic oxidation sites excluding steroid dienone is 1. The van der Waals surface area contributed by atoms with Crippen LogP contribution in [-0.4, -0.2) is 56.6 Å². The molecule has 29 heavy (non-hydrogen) atoms. The van der Waals surface area contributed by atoms with Gasteiger partial charge in [0.25, 0.3) is 0 Å². The van der Waals surface area contributed by atoms with Crippen LogP contribution in [0.3, 0.4) is 0 Å². The lowest BCUT2D eigenvalue weighted by Crippen LogP contribution is -2.36. The van der Waals surface area contributed by atoms with Crippen molar-refractivity contribution in [2.75, 3.05) is 48.3 Å². The third-order valence-electron chi connectivity index (χ3n) is 5.24. The summed E-state index contributed by atoms with van der Waals surface area (Å²) in [6.07, 6.45) is -0.679. The molecule has 0 unspecified atom stereocenters. The van der Waals surface area contributed by atoms with E-state index < -0.39 is 31.0 Å². The first kappa shape index (κ1) is 21.3. The fourth-order valence-corrected chi connectivity index (χ4v) is 5.62. The van der Waals surface area contributed by atoms with Crippen LogP contribution in [0, 0.1) is 11.6 Å². The van der Waals surface area contributed by atoms with Crippen LogP contribution in [0.4, 0.5) is 25.0 Å². The summed E-state index contributed by atoms with van der Waals surface area (Å²) in [5.41, 5.74) is -0.146. The minimum Gasteiger partial charge on any atom is -0.442 e. The quantitative estimate of drug-likeness (QED) is 0.731. The molecule has 2 aliphatic rings. The summed E-state index contributed by atoms with van der Waals surface area (Å²) in [7, 11) is -2.51. The highest BCUT2D eigenvalue weighted by Crippen LogP contribution is 2.54. The zero-order valence-corrected chi connectivity index (χ0v) is 17.3. The van der Waals surface area contributed by atoms with Gasteiger partial charge < -0.3 is 19.5 Å². The predicted octanol–water partition coefficient (Wildman–Crippen LogP) is 3.14. The number of hydrogen-bond acceptors (Lipinski definition) is 5. The first-order valence-corrected chi connectivity index (χ1v) is 11.4. The normalized spacial score (nSPS) is 21.1. The van der Waals surface area contributed by atoms with E-state index in [-0.39, 0.29) is 43.5 Å². The van der Waals surface area contributed by atoms with E-state index >= 15 is 0 Å². The maximum Gasteiger partial charge on any atom is 0.414 e. The summed E-state index contributed by atoms with van der Waals surface area (Å²) in [6.45, 7) is 7.56. The molecular weight excluding hydrogens is 403 g/mol. The molecule has 2 saturated heterocycles. The van der Waals surface area contributed by atoms with Crippen molar-refractivity contribution in [1.29, 1.82) is 0 Å². The first-order chi connectivity index (χ1) is 13.6. The standard InChI is InChI=1S/C19H24F2N3O4P/c1-12(2)29(27)6-4-23(5-7-29)18-16(20)8-14(9-17(18)21)24-11-15(28-19(24)26)10-22-13(3)25/h8-9,15H,1,4-7,10-11H2,2-3H3,(H,22,25)/t15-/m0/s1. The molecule has 3 rings (SSSR count). The molecule has 2 heterocycles. The summed E-state index contributed by atoms with van der Waals surface area (Å²) in [6, 6.07) is 2.18. The number of carbonyl (C=O) groups excluding carboxylic acids is 2. The molecule has 0 radical (unpaired) electrons. The average Bonchev–Trinajstić information content (AvgIpc) is 3.01. The van der Waals surface area contributed by atoms with E-state index in [1.54, 1.807) is 6.92 Å². The second kappa shape index (κ2) is 8.14. The molecule has 0 bridgehead atoms. The van der Waals surface area contributed by atoms with E-state index in [4.69, 9.17) is 4.74 Å². The van der Waals surface area contributed by atoms with E-state index in [9.17, 15) is 22.9 Å². The smallest absolute Gasteiger partial charge is 0.414 e. The minimum absolute atomic E-state index is 0.0451. The van der Waals surface area contributed by atoms with Gasteiger partial charge in [-0.3, -0.25) is 9.69 Å². The van der Waals surface area contributed by atoms with Gasteiger partial charge in [-0.05, 0) is 12.2 Å². The lowest BCUT2D eigenvalue weighted by molar-refractivity contribution is -0.119. The number of halogens is 2. The average molecular weight is 427 g/mol. The van der Waals surface area contributed by atoms with Gasteiger partial charge in [0.1, 0.15) is 18.9 Å². The van der Waals surface area contributed by atoms with Crippen LogP contribution < -0.4 is 15.1 Å². The van der Waals surface area contributed by atoms with Gasteiger partial charge >= 0.3 is 6.09 Å². The molecule has 1 atom stereocenters. The van der Waals surface area contributed by atoms with Crippen LogP contribution in [0.15, 0.2) is 24.0 Å². The van der Waals surface area contributed by atoms with E-state index in [0.29, 0.717) is 17.6 Å². The van der Waals surface area contributed by atoms with Crippen molar-refractivity contribution in [3.8, 4) is 0 Å². The number of hydrogen-bond donors (Lipinski definition) is 1. The molecule has 0 aromatic heterocycles. The Bertz CT molecular complexity index is 872. The minimum atomic E-state index is -2.51. The molecule has 1 aromatic carbocycles. The van der Waals surface area contributed by atoms with Crippen molar-refractivity contribution in [3.05, 3.63) is 35.7 Å². The van der Waals surface area contributed by atoms with E-state index in [2.05, 4.69) is 11.9 Å². The Labute approximate surface area is 168 Å². The van der Waals surface area contributed by atoms with Crippen LogP contribution in [0.1, 0.15) is 13.8 Å². The number of cyclic esters (lactones) is 1. The molecule has 0 aliphatic carbocycles. The molecule has 1 aromatic rings. The summed E-state index contributed by atoms with van der Waals surface area (Å²) in [5.74, 6) is -1.87. The van der Waals surface area contributed by atoms with Crippen molar-refractivity contribution >= 4 is 30.5 Å². The Kier molecular flexibility index (Phi) is 5.98. The predicted molar refractivity (Wildman–Crippen MR) is 107 cm³/mol. The fraction of sp³-hybridized carbons (Fsp3) is 0.474. The number of benzene rings is 1.